The normalized spacial score (nSPS) is 18.0. The third-order valence-electron chi connectivity index (χ3n) is 3.93. The molecule has 0 aliphatic carbocycles. The molecule has 5 heteroatoms. The van der Waals surface area contributed by atoms with E-state index < -0.39 is 11.6 Å². The minimum Gasteiger partial charge on any atom is -0.296 e. The van der Waals surface area contributed by atoms with Crippen LogP contribution in [-0.2, 0) is 0 Å². The number of rotatable bonds is 3. The summed E-state index contributed by atoms with van der Waals surface area (Å²) in [6.45, 7) is 10.2. The Labute approximate surface area is 124 Å². The Morgan fingerprint density at radius 2 is 1.71 bits per heavy atom. The Bertz CT molecular complexity index is 517. The highest BCUT2D eigenvalue weighted by atomic mass is 19.2. The van der Waals surface area contributed by atoms with Crippen LogP contribution in [0.4, 0.5) is 8.78 Å². The molecule has 0 amide bonds. The standard InChI is InChI=1S/C16H22F2N2O/c1-16(2,3)20-8-6-19(7-9-20)11-15(21)12-4-5-13(17)14(18)10-12/h4-5,10H,6-9,11H2,1-3H3. The monoisotopic (exact) mass is 296 g/mol. The number of hydrogen-bond acceptors (Lipinski definition) is 3. The first-order chi connectivity index (χ1) is 9.77. The van der Waals surface area contributed by atoms with Gasteiger partial charge in [-0.1, -0.05) is 0 Å². The number of Topliss-reactive ketones (excluding diaryl/α,β-unsaturated/α-hetero) is 1. The highest BCUT2D eigenvalue weighted by Crippen LogP contribution is 2.16. The van der Waals surface area contributed by atoms with E-state index in [1.165, 1.54) is 6.07 Å². The van der Waals surface area contributed by atoms with Gasteiger partial charge < -0.3 is 0 Å². The van der Waals surface area contributed by atoms with Crippen LogP contribution in [0.1, 0.15) is 31.1 Å². The number of carbonyl (C=O) groups is 1. The fourth-order valence-corrected chi connectivity index (χ4v) is 2.54. The van der Waals surface area contributed by atoms with Gasteiger partial charge in [0.05, 0.1) is 6.54 Å². The van der Waals surface area contributed by atoms with E-state index in [2.05, 4.69) is 30.6 Å². The molecule has 0 saturated carbocycles. The first-order valence-corrected chi connectivity index (χ1v) is 7.23. The molecule has 2 rings (SSSR count). The zero-order valence-corrected chi connectivity index (χ0v) is 12.8. The molecule has 1 aliphatic rings. The van der Waals surface area contributed by atoms with Gasteiger partial charge in [0.2, 0.25) is 0 Å². The van der Waals surface area contributed by atoms with Crippen molar-refractivity contribution in [1.82, 2.24) is 9.80 Å². The molecule has 1 aliphatic heterocycles. The average molecular weight is 296 g/mol. The SMILES string of the molecule is CC(C)(C)N1CCN(CC(=O)c2ccc(F)c(F)c2)CC1. The van der Waals surface area contributed by atoms with Crippen molar-refractivity contribution in [3.05, 3.63) is 35.4 Å². The topological polar surface area (TPSA) is 23.6 Å². The van der Waals surface area contributed by atoms with Gasteiger partial charge >= 0.3 is 0 Å². The van der Waals surface area contributed by atoms with Crippen molar-refractivity contribution >= 4 is 5.78 Å². The second kappa shape index (κ2) is 6.20. The maximum Gasteiger partial charge on any atom is 0.176 e. The lowest BCUT2D eigenvalue weighted by molar-refractivity contribution is 0.0579. The Morgan fingerprint density at radius 3 is 2.24 bits per heavy atom. The second-order valence-corrected chi connectivity index (χ2v) is 6.49. The van der Waals surface area contributed by atoms with E-state index in [1.807, 2.05) is 0 Å². The minimum atomic E-state index is -0.974. The Kier molecular flexibility index (Phi) is 4.74. The summed E-state index contributed by atoms with van der Waals surface area (Å²) < 4.78 is 26.0. The average Bonchev–Trinajstić information content (AvgIpc) is 2.41. The van der Waals surface area contributed by atoms with Gasteiger partial charge in [-0.25, -0.2) is 8.78 Å². The molecule has 1 aromatic carbocycles. The molecular weight excluding hydrogens is 274 g/mol. The van der Waals surface area contributed by atoms with Crippen LogP contribution in [0.15, 0.2) is 18.2 Å². The molecule has 0 bridgehead atoms. The largest absolute Gasteiger partial charge is 0.296 e. The molecule has 21 heavy (non-hydrogen) atoms. The molecule has 1 aromatic rings. The molecule has 0 unspecified atom stereocenters. The zero-order valence-electron chi connectivity index (χ0n) is 12.8. The van der Waals surface area contributed by atoms with Crippen molar-refractivity contribution in [2.24, 2.45) is 0 Å². The number of halogens is 2. The number of nitrogens with zero attached hydrogens (tertiary/aromatic N) is 2. The van der Waals surface area contributed by atoms with Crippen molar-refractivity contribution in [2.75, 3.05) is 32.7 Å². The smallest absolute Gasteiger partial charge is 0.176 e. The Balaban J connectivity index is 1.91. The molecular formula is C16H22F2N2O. The third kappa shape index (κ3) is 4.08. The van der Waals surface area contributed by atoms with Gasteiger partial charge in [0.25, 0.3) is 0 Å². The van der Waals surface area contributed by atoms with Crippen molar-refractivity contribution in [3.63, 3.8) is 0 Å². The highest BCUT2D eigenvalue weighted by molar-refractivity contribution is 5.97. The predicted octanol–water partition coefficient (Wildman–Crippen LogP) is 2.56. The van der Waals surface area contributed by atoms with Crippen LogP contribution in [0.25, 0.3) is 0 Å². The molecule has 1 saturated heterocycles. The molecule has 3 nitrogen and oxygen atoms in total. The van der Waals surface area contributed by atoms with Crippen molar-refractivity contribution in [3.8, 4) is 0 Å². The first-order valence-electron chi connectivity index (χ1n) is 7.23. The van der Waals surface area contributed by atoms with Gasteiger partial charge in [0, 0.05) is 37.3 Å². The van der Waals surface area contributed by atoms with E-state index >= 15 is 0 Å². The maximum absolute atomic E-state index is 13.2. The van der Waals surface area contributed by atoms with E-state index in [9.17, 15) is 13.6 Å². The van der Waals surface area contributed by atoms with E-state index in [0.717, 1.165) is 38.3 Å². The van der Waals surface area contributed by atoms with Gasteiger partial charge in [-0.3, -0.25) is 14.6 Å². The van der Waals surface area contributed by atoms with Crippen LogP contribution in [0.3, 0.4) is 0 Å². The van der Waals surface area contributed by atoms with Crippen LogP contribution in [0.2, 0.25) is 0 Å². The second-order valence-electron chi connectivity index (χ2n) is 6.49. The summed E-state index contributed by atoms with van der Waals surface area (Å²) in [5.74, 6) is -2.07. The summed E-state index contributed by atoms with van der Waals surface area (Å²) in [6, 6.07) is 3.31. The zero-order chi connectivity index (χ0) is 15.6. The molecule has 0 aromatic heterocycles. The van der Waals surface area contributed by atoms with Crippen LogP contribution < -0.4 is 0 Å². The number of piperazine rings is 1. The fraction of sp³-hybridized carbons (Fsp3) is 0.562. The molecule has 0 spiro atoms. The lowest BCUT2D eigenvalue weighted by atomic mass is 10.0. The minimum absolute atomic E-state index is 0.135. The third-order valence-corrected chi connectivity index (χ3v) is 3.93. The summed E-state index contributed by atoms with van der Waals surface area (Å²) in [4.78, 5) is 16.6. The fourth-order valence-electron chi connectivity index (χ4n) is 2.54. The van der Waals surface area contributed by atoms with Gasteiger partial charge in [0.15, 0.2) is 17.4 Å². The van der Waals surface area contributed by atoms with Gasteiger partial charge in [-0.15, -0.1) is 0 Å². The Morgan fingerprint density at radius 1 is 1.10 bits per heavy atom. The maximum atomic E-state index is 13.2. The number of hydrogen-bond donors (Lipinski definition) is 0. The summed E-state index contributed by atoms with van der Waals surface area (Å²) in [6.07, 6.45) is 0. The van der Waals surface area contributed by atoms with Crippen molar-refractivity contribution in [1.29, 1.82) is 0 Å². The summed E-state index contributed by atoms with van der Waals surface area (Å²) in [5, 5.41) is 0. The van der Waals surface area contributed by atoms with E-state index in [0.29, 0.717) is 0 Å². The molecule has 1 heterocycles. The summed E-state index contributed by atoms with van der Waals surface area (Å²) in [5.41, 5.74) is 0.364. The highest BCUT2D eigenvalue weighted by Gasteiger charge is 2.26. The lowest BCUT2D eigenvalue weighted by Crippen LogP contribution is -2.54. The van der Waals surface area contributed by atoms with E-state index in [1.54, 1.807) is 0 Å². The number of carbonyl (C=O) groups excluding carboxylic acids is 1. The molecule has 116 valence electrons. The summed E-state index contributed by atoms with van der Waals surface area (Å²) >= 11 is 0. The van der Waals surface area contributed by atoms with Crippen molar-refractivity contribution < 1.29 is 13.6 Å². The molecule has 1 fully saturated rings. The predicted molar refractivity (Wildman–Crippen MR) is 78.5 cm³/mol. The van der Waals surface area contributed by atoms with E-state index in [-0.39, 0.29) is 23.4 Å². The summed E-state index contributed by atoms with van der Waals surface area (Å²) in [7, 11) is 0. The quantitative estimate of drug-likeness (QED) is 0.801. The van der Waals surface area contributed by atoms with Gasteiger partial charge in [-0.05, 0) is 39.0 Å². The lowest BCUT2D eigenvalue weighted by Gasteiger charge is -2.42. The molecule has 0 N–H and O–H groups in total. The Hall–Kier alpha value is -1.33. The number of ketones is 1. The number of benzene rings is 1. The van der Waals surface area contributed by atoms with Gasteiger partial charge in [-0.2, -0.15) is 0 Å². The molecule has 0 radical (unpaired) electrons. The van der Waals surface area contributed by atoms with Gasteiger partial charge in [0.1, 0.15) is 0 Å². The van der Waals surface area contributed by atoms with Crippen molar-refractivity contribution in [2.45, 2.75) is 26.3 Å². The molecule has 0 atom stereocenters. The van der Waals surface area contributed by atoms with Crippen LogP contribution in [0.5, 0.6) is 0 Å². The first kappa shape index (κ1) is 16.0. The van der Waals surface area contributed by atoms with E-state index in [4.69, 9.17) is 0 Å². The van der Waals surface area contributed by atoms with Crippen LogP contribution in [-0.4, -0.2) is 53.8 Å². The van der Waals surface area contributed by atoms with Crippen LogP contribution >= 0.6 is 0 Å². The van der Waals surface area contributed by atoms with Crippen LogP contribution in [0, 0.1) is 11.6 Å².